The minimum absolute atomic E-state index is 0.0845. The van der Waals surface area contributed by atoms with Crippen molar-refractivity contribution in [1.82, 2.24) is 24.9 Å². The first-order chi connectivity index (χ1) is 28.8. The van der Waals surface area contributed by atoms with E-state index < -0.39 is 29.7 Å². The fraction of sp³-hybridized carbons (Fsp3) is 0.578. The van der Waals surface area contributed by atoms with E-state index in [-0.39, 0.29) is 46.5 Å². The molecule has 8 fully saturated rings. The molecule has 3 saturated carbocycles. The van der Waals surface area contributed by atoms with Gasteiger partial charge in [-0.05, 0) is 106 Å². The summed E-state index contributed by atoms with van der Waals surface area (Å²) >= 11 is 6.50. The van der Waals surface area contributed by atoms with Crippen LogP contribution in [0.1, 0.15) is 96.1 Å². The van der Waals surface area contributed by atoms with Crippen molar-refractivity contribution >= 4 is 58.4 Å². The number of carbonyl (C=O) groups excluding carboxylic acids is 6. The lowest BCUT2D eigenvalue weighted by atomic mass is 9.34. The SMILES string of the molecule is Cc1c(N2CCC3(CCN(C(=O)C45CC(C(=O)N6CCN(C7CCN(c8ccc9c(c8)C(=O)N(C8CCC(=O)NC8=O)C9=O)CC7)CC6)(C4)C5)CC3)C2)ccc(C#N)c1Cl. The third-order valence-electron chi connectivity index (χ3n) is 15.7. The maximum atomic E-state index is 13.9. The number of hydrogen-bond donors (Lipinski definition) is 1. The first-order valence-electron chi connectivity index (χ1n) is 21.7. The predicted molar refractivity (Wildman–Crippen MR) is 221 cm³/mol. The van der Waals surface area contributed by atoms with Crippen LogP contribution in [0.25, 0.3) is 0 Å². The summed E-state index contributed by atoms with van der Waals surface area (Å²) in [5, 5.41) is 12.1. The number of piperidine rings is 3. The topological polar surface area (TPSA) is 158 Å². The number of carbonyl (C=O) groups is 6. The van der Waals surface area contributed by atoms with E-state index >= 15 is 0 Å². The van der Waals surface area contributed by atoms with Gasteiger partial charge in [-0.1, -0.05) is 11.6 Å². The molecular formula is C45H51ClN8O6. The lowest BCUT2D eigenvalue weighted by molar-refractivity contribution is -0.223. The second kappa shape index (κ2) is 14.3. The number of fused-ring (bicyclic) bond motifs is 1. The summed E-state index contributed by atoms with van der Waals surface area (Å²) in [6.45, 7) is 10.0. The third-order valence-corrected chi connectivity index (χ3v) is 16.2. The third kappa shape index (κ3) is 6.12. The normalized spacial score (nSPS) is 29.0. The summed E-state index contributed by atoms with van der Waals surface area (Å²) in [5.74, 6) is -1.52. The standard InChI is InChI=1S/C45H51ClN8O6/c1-28-34(5-2-29(23-47)37(28)46)53-17-12-43(27-53)10-15-51(16-11-43)41(59)44-24-45(25-44,26-44)42(60)52-20-18-50(19-21-52)30-8-13-49(14-9-30)31-3-4-32-33(22-31)40(58)54(39(32)57)35-6-7-36(55)48-38(35)56/h2-5,22,30,35H,6-21,24-27H2,1H3,(H,48,55,56). The average Bonchev–Trinajstić information content (AvgIpc) is 3.74. The van der Waals surface area contributed by atoms with Crippen LogP contribution < -0.4 is 15.1 Å². The summed E-state index contributed by atoms with van der Waals surface area (Å²) in [5.41, 5.74) is 3.45. The number of nitrogens with one attached hydrogen (secondary N) is 1. The number of piperazine rings is 1. The Balaban J connectivity index is 0.671. The van der Waals surface area contributed by atoms with Crippen molar-refractivity contribution in [2.24, 2.45) is 16.2 Å². The molecule has 1 N–H and O–H groups in total. The van der Waals surface area contributed by atoms with Gasteiger partial charge in [0.05, 0.1) is 32.5 Å². The second-order valence-corrected chi connectivity index (χ2v) is 19.3. The molecule has 1 atom stereocenters. The number of benzene rings is 2. The van der Waals surface area contributed by atoms with E-state index in [1.54, 1.807) is 12.1 Å². The summed E-state index contributed by atoms with van der Waals surface area (Å²) < 4.78 is 0. The number of amides is 6. The zero-order valence-electron chi connectivity index (χ0n) is 34.1. The molecule has 6 heterocycles. The Bertz CT molecular complexity index is 2250. The Kier molecular flexibility index (Phi) is 9.33. The van der Waals surface area contributed by atoms with Gasteiger partial charge in [-0.2, -0.15) is 5.26 Å². The first-order valence-corrected chi connectivity index (χ1v) is 22.1. The van der Waals surface area contributed by atoms with Crippen LogP contribution in [0.5, 0.6) is 0 Å². The quantitative estimate of drug-likeness (QED) is 0.426. The highest BCUT2D eigenvalue weighted by Gasteiger charge is 2.76. The highest BCUT2D eigenvalue weighted by atomic mass is 35.5. The molecule has 60 heavy (non-hydrogen) atoms. The molecule has 5 saturated heterocycles. The zero-order valence-corrected chi connectivity index (χ0v) is 34.9. The van der Waals surface area contributed by atoms with Crippen LogP contribution in [0.2, 0.25) is 5.02 Å². The van der Waals surface area contributed by atoms with Crippen LogP contribution >= 0.6 is 11.6 Å². The Morgan fingerprint density at radius 2 is 1.40 bits per heavy atom. The number of rotatable bonds is 6. The van der Waals surface area contributed by atoms with Gasteiger partial charge in [-0.3, -0.25) is 43.9 Å². The van der Waals surface area contributed by atoms with E-state index in [0.29, 0.717) is 54.5 Å². The summed E-state index contributed by atoms with van der Waals surface area (Å²) in [4.78, 5) is 90.7. The van der Waals surface area contributed by atoms with Crippen LogP contribution in [0.15, 0.2) is 30.3 Å². The Hall–Kier alpha value is -5.00. The van der Waals surface area contributed by atoms with E-state index in [4.69, 9.17) is 11.6 Å². The number of imide groups is 2. The van der Waals surface area contributed by atoms with Crippen LogP contribution in [0.4, 0.5) is 11.4 Å². The van der Waals surface area contributed by atoms with Gasteiger partial charge in [0, 0.05) is 89.3 Å². The fourth-order valence-corrected chi connectivity index (χ4v) is 12.4. The Morgan fingerprint density at radius 3 is 2.05 bits per heavy atom. The molecule has 9 aliphatic rings. The van der Waals surface area contributed by atoms with Crippen LogP contribution in [-0.4, -0.2) is 133 Å². The maximum absolute atomic E-state index is 13.9. The van der Waals surface area contributed by atoms with Crippen LogP contribution in [0.3, 0.4) is 0 Å². The molecule has 314 valence electrons. The minimum atomic E-state index is -0.983. The lowest BCUT2D eigenvalue weighted by Crippen LogP contribution is -2.73. The van der Waals surface area contributed by atoms with E-state index in [1.807, 2.05) is 30.0 Å². The molecule has 0 radical (unpaired) electrons. The molecule has 6 aliphatic heterocycles. The number of likely N-dealkylation sites (tertiary alicyclic amines) is 1. The van der Waals surface area contributed by atoms with Crippen molar-refractivity contribution < 1.29 is 28.8 Å². The summed E-state index contributed by atoms with van der Waals surface area (Å²) in [6, 6.07) is 10.7. The van der Waals surface area contributed by atoms with Gasteiger partial charge >= 0.3 is 0 Å². The van der Waals surface area contributed by atoms with E-state index in [0.717, 1.165) is 106 Å². The van der Waals surface area contributed by atoms with Gasteiger partial charge in [0.15, 0.2) is 0 Å². The molecule has 11 rings (SSSR count). The summed E-state index contributed by atoms with van der Waals surface area (Å²) in [7, 11) is 0. The van der Waals surface area contributed by atoms with E-state index in [1.165, 1.54) is 0 Å². The largest absolute Gasteiger partial charge is 0.371 e. The molecule has 0 aromatic heterocycles. The number of nitrogens with zero attached hydrogens (tertiary/aromatic N) is 7. The molecule has 14 nitrogen and oxygen atoms in total. The molecule has 1 unspecified atom stereocenters. The average molecular weight is 835 g/mol. The minimum Gasteiger partial charge on any atom is -0.371 e. The monoisotopic (exact) mass is 834 g/mol. The van der Waals surface area contributed by atoms with Crippen molar-refractivity contribution in [3.8, 4) is 6.07 Å². The fourth-order valence-electron chi connectivity index (χ4n) is 12.2. The number of anilines is 2. The highest BCUT2D eigenvalue weighted by molar-refractivity contribution is 6.33. The Morgan fingerprint density at radius 1 is 0.767 bits per heavy atom. The van der Waals surface area contributed by atoms with Gasteiger partial charge in [-0.15, -0.1) is 0 Å². The van der Waals surface area contributed by atoms with Gasteiger partial charge in [0.2, 0.25) is 23.6 Å². The number of halogens is 1. The molecule has 3 aliphatic carbocycles. The van der Waals surface area contributed by atoms with Gasteiger partial charge in [0.1, 0.15) is 12.1 Å². The predicted octanol–water partition coefficient (Wildman–Crippen LogP) is 3.72. The Labute approximate surface area is 354 Å². The lowest BCUT2D eigenvalue weighted by Gasteiger charge is -2.69. The van der Waals surface area contributed by atoms with Crippen LogP contribution in [-0.2, 0) is 19.2 Å². The second-order valence-electron chi connectivity index (χ2n) is 19.0. The molecule has 2 aromatic rings. The van der Waals surface area contributed by atoms with Crippen molar-refractivity contribution in [3.05, 3.63) is 57.6 Å². The summed E-state index contributed by atoms with van der Waals surface area (Å²) in [6.07, 6.45) is 7.18. The smallest absolute Gasteiger partial charge is 0.262 e. The number of hydrogen-bond acceptors (Lipinski definition) is 10. The molecule has 6 amide bonds. The molecule has 1 spiro atoms. The molecular weight excluding hydrogens is 784 g/mol. The van der Waals surface area contributed by atoms with Gasteiger partial charge in [0.25, 0.3) is 11.8 Å². The molecule has 2 bridgehead atoms. The maximum Gasteiger partial charge on any atom is 0.262 e. The van der Waals surface area contributed by atoms with Crippen molar-refractivity contribution in [2.45, 2.75) is 83.2 Å². The zero-order chi connectivity index (χ0) is 41.7. The van der Waals surface area contributed by atoms with Crippen molar-refractivity contribution in [2.75, 3.05) is 75.2 Å². The highest BCUT2D eigenvalue weighted by Crippen LogP contribution is 2.74. The number of nitriles is 1. The van der Waals surface area contributed by atoms with Crippen molar-refractivity contribution in [1.29, 1.82) is 5.26 Å². The first kappa shape index (κ1) is 39.2. The van der Waals surface area contributed by atoms with Crippen LogP contribution in [0, 0.1) is 34.5 Å². The van der Waals surface area contributed by atoms with E-state index in [2.05, 4.69) is 31.0 Å². The van der Waals surface area contributed by atoms with E-state index in [9.17, 15) is 34.0 Å². The molecule has 15 heteroatoms. The van der Waals surface area contributed by atoms with Crippen molar-refractivity contribution in [3.63, 3.8) is 0 Å². The molecule has 2 aromatic carbocycles. The van der Waals surface area contributed by atoms with Gasteiger partial charge < -0.3 is 19.6 Å². The van der Waals surface area contributed by atoms with Gasteiger partial charge in [-0.25, -0.2) is 0 Å².